The third kappa shape index (κ3) is 4.53. The molecular weight excluding hydrogens is 409 g/mol. The molecule has 0 aromatic heterocycles. The van der Waals surface area contributed by atoms with E-state index in [-0.39, 0.29) is 11.9 Å². The zero-order valence-electron chi connectivity index (χ0n) is 18.8. The van der Waals surface area contributed by atoms with Crippen LogP contribution < -0.4 is 20.5 Å². The molecule has 2 heterocycles. The van der Waals surface area contributed by atoms with Gasteiger partial charge in [0.15, 0.2) is 11.5 Å². The van der Waals surface area contributed by atoms with Crippen molar-refractivity contribution in [3.05, 3.63) is 52.8 Å². The summed E-state index contributed by atoms with van der Waals surface area (Å²) in [4.78, 5) is 14.4. The Labute approximate surface area is 188 Å². The van der Waals surface area contributed by atoms with Crippen molar-refractivity contribution in [3.63, 3.8) is 0 Å². The fourth-order valence-corrected chi connectivity index (χ4v) is 5.01. The normalized spacial score (nSPS) is 19.1. The summed E-state index contributed by atoms with van der Waals surface area (Å²) in [5, 5.41) is 3.39. The number of benzene rings is 2. The van der Waals surface area contributed by atoms with Crippen LogP contribution in [0, 0.1) is 5.82 Å². The van der Waals surface area contributed by atoms with Crippen molar-refractivity contribution < 1.29 is 18.7 Å². The smallest absolute Gasteiger partial charge is 0.249 e. The molecule has 2 atom stereocenters. The number of anilines is 1. The second kappa shape index (κ2) is 9.77. The van der Waals surface area contributed by atoms with E-state index in [4.69, 9.17) is 15.2 Å². The zero-order valence-corrected chi connectivity index (χ0v) is 18.8. The number of nitrogens with one attached hydrogen (secondary N) is 1. The van der Waals surface area contributed by atoms with E-state index in [0.717, 1.165) is 55.7 Å². The Bertz CT molecular complexity index is 981. The van der Waals surface area contributed by atoms with Crippen molar-refractivity contribution in [2.24, 2.45) is 5.73 Å². The highest BCUT2D eigenvalue weighted by Gasteiger charge is 2.30. The van der Waals surface area contributed by atoms with E-state index in [9.17, 15) is 9.18 Å². The Hall–Kier alpha value is -2.80. The topological polar surface area (TPSA) is 76.8 Å². The first-order valence-corrected chi connectivity index (χ1v) is 11.4. The third-order valence-corrected chi connectivity index (χ3v) is 6.59. The summed E-state index contributed by atoms with van der Waals surface area (Å²) in [6.07, 6.45) is 3.73. The van der Waals surface area contributed by atoms with Gasteiger partial charge in [0, 0.05) is 35.3 Å². The molecule has 0 bridgehead atoms. The van der Waals surface area contributed by atoms with Crippen LogP contribution in [0.3, 0.4) is 0 Å². The second-order valence-corrected chi connectivity index (χ2v) is 8.64. The summed E-state index contributed by atoms with van der Waals surface area (Å²) >= 11 is 0. The molecule has 2 aromatic rings. The molecule has 0 radical (unpaired) electrons. The predicted octanol–water partition coefficient (Wildman–Crippen LogP) is 3.94. The molecule has 2 unspecified atom stereocenters. The van der Waals surface area contributed by atoms with Gasteiger partial charge in [-0.15, -0.1) is 0 Å². The number of ether oxygens (including phenoxy) is 2. The van der Waals surface area contributed by atoms with Crippen LogP contribution in [0.4, 0.5) is 10.1 Å². The van der Waals surface area contributed by atoms with Crippen LogP contribution in [0.25, 0.3) is 0 Å². The van der Waals surface area contributed by atoms with Gasteiger partial charge in [0.25, 0.3) is 0 Å². The predicted molar refractivity (Wildman–Crippen MR) is 123 cm³/mol. The number of hydrogen-bond donors (Lipinski definition) is 2. The molecule has 6 nitrogen and oxygen atoms in total. The number of hydrogen-bond acceptors (Lipinski definition) is 5. The Morgan fingerprint density at radius 2 is 2.16 bits per heavy atom. The van der Waals surface area contributed by atoms with Crippen LogP contribution in [0.1, 0.15) is 53.6 Å². The maximum Gasteiger partial charge on any atom is 0.249 e. The standard InChI is InChI=1S/C25H32FN3O3/c1-3-10-29(11-4-5-16-14-28-22-8-6-17(26)12-20(16)22)18-13-21-19(25(27)30)7-9-23(31-2)24(21)32-15-18/h6-9,12,16,18,28H,3-5,10-11,13-15H2,1-2H3,(H2,27,30). The quantitative estimate of drug-likeness (QED) is 0.617. The van der Waals surface area contributed by atoms with Gasteiger partial charge < -0.3 is 20.5 Å². The number of primary amides is 1. The number of carbonyl (C=O) groups excluding carboxylic acids is 1. The van der Waals surface area contributed by atoms with Crippen molar-refractivity contribution in [3.8, 4) is 11.5 Å². The van der Waals surface area contributed by atoms with Gasteiger partial charge in [0.1, 0.15) is 12.4 Å². The maximum absolute atomic E-state index is 13.7. The fraction of sp³-hybridized carbons (Fsp3) is 0.480. The van der Waals surface area contributed by atoms with Gasteiger partial charge in [-0.25, -0.2) is 4.39 Å². The average molecular weight is 442 g/mol. The fourth-order valence-electron chi connectivity index (χ4n) is 5.01. The van der Waals surface area contributed by atoms with Crippen molar-refractivity contribution in [1.29, 1.82) is 0 Å². The molecule has 0 spiro atoms. The molecule has 7 heteroatoms. The van der Waals surface area contributed by atoms with Crippen LogP contribution in [-0.2, 0) is 6.42 Å². The minimum atomic E-state index is -0.449. The third-order valence-electron chi connectivity index (χ3n) is 6.59. The van der Waals surface area contributed by atoms with Gasteiger partial charge in [-0.3, -0.25) is 9.69 Å². The molecule has 2 aliphatic heterocycles. The van der Waals surface area contributed by atoms with Crippen LogP contribution in [0.15, 0.2) is 30.3 Å². The minimum Gasteiger partial charge on any atom is -0.493 e. The van der Waals surface area contributed by atoms with Gasteiger partial charge in [-0.05, 0) is 74.7 Å². The van der Waals surface area contributed by atoms with Gasteiger partial charge in [-0.1, -0.05) is 6.92 Å². The van der Waals surface area contributed by atoms with E-state index < -0.39 is 5.91 Å². The van der Waals surface area contributed by atoms with E-state index in [1.165, 1.54) is 6.07 Å². The van der Waals surface area contributed by atoms with Crippen molar-refractivity contribution in [2.45, 2.75) is 44.6 Å². The number of carbonyl (C=O) groups is 1. The summed E-state index contributed by atoms with van der Waals surface area (Å²) in [7, 11) is 1.60. The molecular formula is C25H32FN3O3. The van der Waals surface area contributed by atoms with Crippen molar-refractivity contribution in [2.75, 3.05) is 38.7 Å². The van der Waals surface area contributed by atoms with Gasteiger partial charge >= 0.3 is 0 Å². The van der Waals surface area contributed by atoms with Crippen molar-refractivity contribution in [1.82, 2.24) is 4.90 Å². The molecule has 2 aromatic carbocycles. The largest absolute Gasteiger partial charge is 0.493 e. The summed E-state index contributed by atoms with van der Waals surface area (Å²) in [5.74, 6) is 0.967. The van der Waals surface area contributed by atoms with E-state index >= 15 is 0 Å². The zero-order chi connectivity index (χ0) is 22.7. The Kier molecular flexibility index (Phi) is 6.84. The number of amides is 1. The molecule has 172 valence electrons. The number of rotatable bonds is 9. The molecule has 0 saturated carbocycles. The number of fused-ring (bicyclic) bond motifs is 2. The van der Waals surface area contributed by atoms with Crippen LogP contribution >= 0.6 is 0 Å². The summed E-state index contributed by atoms with van der Waals surface area (Å²) < 4.78 is 25.2. The molecule has 2 aliphatic rings. The number of nitrogens with zero attached hydrogens (tertiary/aromatic N) is 1. The molecule has 4 rings (SSSR count). The summed E-state index contributed by atoms with van der Waals surface area (Å²) in [6.45, 7) is 5.45. The monoisotopic (exact) mass is 441 g/mol. The SMILES string of the molecule is CCCN(CCCC1CNc2ccc(F)cc21)C1COc2c(OC)ccc(C(N)=O)c2C1. The highest BCUT2D eigenvalue weighted by Crippen LogP contribution is 2.38. The first-order chi connectivity index (χ1) is 15.5. The van der Waals surface area contributed by atoms with Crippen LogP contribution in [0.5, 0.6) is 11.5 Å². The molecule has 0 saturated heterocycles. The molecule has 1 amide bonds. The van der Waals surface area contributed by atoms with Gasteiger partial charge in [0.05, 0.1) is 7.11 Å². The van der Waals surface area contributed by atoms with E-state index in [1.54, 1.807) is 25.3 Å². The van der Waals surface area contributed by atoms with Gasteiger partial charge in [0.2, 0.25) is 5.91 Å². The first kappa shape index (κ1) is 22.4. The molecule has 0 aliphatic carbocycles. The molecule has 32 heavy (non-hydrogen) atoms. The lowest BCUT2D eigenvalue weighted by Crippen LogP contribution is -2.44. The number of halogens is 1. The maximum atomic E-state index is 13.7. The number of methoxy groups -OCH3 is 1. The number of nitrogens with two attached hydrogens (primary N) is 1. The lowest BCUT2D eigenvalue weighted by molar-refractivity contribution is 0.0984. The second-order valence-electron chi connectivity index (χ2n) is 8.64. The Morgan fingerprint density at radius 3 is 2.91 bits per heavy atom. The van der Waals surface area contributed by atoms with Crippen molar-refractivity contribution >= 4 is 11.6 Å². The van der Waals surface area contributed by atoms with Crippen LogP contribution in [-0.4, -0.2) is 50.2 Å². The molecule has 3 N–H and O–H groups in total. The lowest BCUT2D eigenvalue weighted by atomic mass is 9.94. The lowest BCUT2D eigenvalue weighted by Gasteiger charge is -2.36. The highest BCUT2D eigenvalue weighted by molar-refractivity contribution is 5.95. The van der Waals surface area contributed by atoms with E-state index in [1.807, 2.05) is 6.07 Å². The minimum absolute atomic E-state index is 0.166. The van der Waals surface area contributed by atoms with Gasteiger partial charge in [-0.2, -0.15) is 0 Å². The Morgan fingerprint density at radius 1 is 1.31 bits per heavy atom. The summed E-state index contributed by atoms with van der Waals surface area (Å²) in [6, 6.07) is 8.62. The van der Waals surface area contributed by atoms with E-state index in [0.29, 0.717) is 36.0 Å². The van der Waals surface area contributed by atoms with E-state index in [2.05, 4.69) is 17.1 Å². The Balaban J connectivity index is 1.43. The average Bonchev–Trinajstić information content (AvgIpc) is 3.19. The molecule has 0 fully saturated rings. The summed E-state index contributed by atoms with van der Waals surface area (Å²) in [5.41, 5.74) is 9.09. The van der Waals surface area contributed by atoms with Crippen LogP contribution in [0.2, 0.25) is 0 Å². The first-order valence-electron chi connectivity index (χ1n) is 11.4. The highest BCUT2D eigenvalue weighted by atomic mass is 19.1.